The first kappa shape index (κ1) is 30.3. The molecule has 0 aliphatic heterocycles. The van der Waals surface area contributed by atoms with E-state index in [1.54, 1.807) is 41.2 Å². The maximum atomic E-state index is 13.0. The lowest BCUT2D eigenvalue weighted by Crippen LogP contribution is -2.23. The van der Waals surface area contributed by atoms with Crippen LogP contribution in [-0.4, -0.2) is 40.7 Å². The van der Waals surface area contributed by atoms with Gasteiger partial charge in [-0.25, -0.2) is 13.2 Å². The van der Waals surface area contributed by atoms with E-state index in [9.17, 15) is 18.3 Å². The Morgan fingerprint density at radius 2 is 1.72 bits per heavy atom. The molecule has 226 valence electrons. The summed E-state index contributed by atoms with van der Waals surface area (Å²) in [7, 11) is -3.80. The summed E-state index contributed by atoms with van der Waals surface area (Å²) in [5, 5.41) is 14.9. The molecule has 0 radical (unpaired) electrons. The number of imidazole rings is 1. The van der Waals surface area contributed by atoms with Gasteiger partial charge in [0.15, 0.2) is 0 Å². The van der Waals surface area contributed by atoms with Gasteiger partial charge in [-0.3, -0.25) is 13.9 Å². The fourth-order valence-electron chi connectivity index (χ4n) is 5.10. The van der Waals surface area contributed by atoms with Crippen LogP contribution in [0.15, 0.2) is 101 Å². The molecule has 0 bridgehead atoms. The number of fused-ring (bicyclic) bond motifs is 1. The summed E-state index contributed by atoms with van der Waals surface area (Å²) in [4.78, 5) is 16.0. The van der Waals surface area contributed by atoms with Crippen LogP contribution in [0.4, 0.5) is 5.69 Å². The van der Waals surface area contributed by atoms with Gasteiger partial charge in [0.25, 0.3) is 10.0 Å². The molecule has 0 spiro atoms. The zero-order valence-electron chi connectivity index (χ0n) is 24.4. The summed E-state index contributed by atoms with van der Waals surface area (Å²) in [5.41, 5.74) is 3.90. The third-order valence-electron chi connectivity index (χ3n) is 7.62. The summed E-state index contributed by atoms with van der Waals surface area (Å²) < 4.78 is 31.9. The minimum Gasteiger partial charge on any atom is -0.387 e. The summed E-state index contributed by atoms with van der Waals surface area (Å²) >= 11 is 0. The molecule has 0 aliphatic carbocycles. The monoisotopic (exact) mass is 601 g/mol. The van der Waals surface area contributed by atoms with Crippen LogP contribution in [0.25, 0.3) is 16.6 Å². The van der Waals surface area contributed by atoms with Crippen LogP contribution in [-0.2, 0) is 23.0 Å². The highest BCUT2D eigenvalue weighted by molar-refractivity contribution is 7.92. The number of rotatable bonds is 15. The Labute approximate surface area is 252 Å². The lowest BCUT2D eigenvalue weighted by molar-refractivity contribution is 0.175. The van der Waals surface area contributed by atoms with Gasteiger partial charge in [-0.15, -0.1) is 0 Å². The van der Waals surface area contributed by atoms with E-state index >= 15 is 0 Å². The number of aliphatic hydroxyl groups is 1. The van der Waals surface area contributed by atoms with Crippen molar-refractivity contribution >= 4 is 26.6 Å². The second kappa shape index (κ2) is 13.9. The number of hydrogen-bond acceptors (Lipinski definition) is 5. The lowest BCUT2D eigenvalue weighted by Gasteiger charge is -2.13. The number of aliphatic hydroxyl groups excluding tert-OH is 1. The van der Waals surface area contributed by atoms with Crippen LogP contribution >= 0.6 is 0 Å². The number of H-pyrrole nitrogens is 1. The van der Waals surface area contributed by atoms with Crippen molar-refractivity contribution in [3.05, 3.63) is 113 Å². The smallest absolute Gasteiger partial charge is 0.332 e. The van der Waals surface area contributed by atoms with E-state index in [2.05, 4.69) is 21.9 Å². The Hall–Kier alpha value is -4.12. The van der Waals surface area contributed by atoms with E-state index in [0.717, 1.165) is 54.1 Å². The normalized spacial score (nSPS) is 12.5. The van der Waals surface area contributed by atoms with E-state index < -0.39 is 16.1 Å². The SMILES string of the molecule is CCCCCCn1ccn(-c2ccc(S(=O)(=O)Nc3ccc(CCNCC(O)c4ccc5[nH]ccc5c4)cc3)cc2)c1=O. The number of aromatic nitrogens is 3. The van der Waals surface area contributed by atoms with Crippen molar-refractivity contribution in [2.45, 2.75) is 56.6 Å². The first-order chi connectivity index (χ1) is 20.8. The second-order valence-corrected chi connectivity index (χ2v) is 12.5. The minimum atomic E-state index is -3.80. The molecule has 10 heteroatoms. The fourth-order valence-corrected chi connectivity index (χ4v) is 6.16. The Kier molecular flexibility index (Phi) is 9.81. The summed E-state index contributed by atoms with van der Waals surface area (Å²) in [5.74, 6) is 0. The van der Waals surface area contributed by atoms with Gasteiger partial charge in [0.05, 0.1) is 16.7 Å². The third-order valence-corrected chi connectivity index (χ3v) is 9.02. The molecule has 2 heterocycles. The zero-order chi connectivity index (χ0) is 30.2. The second-order valence-electron chi connectivity index (χ2n) is 10.8. The van der Waals surface area contributed by atoms with Crippen LogP contribution in [0.1, 0.15) is 49.8 Å². The maximum absolute atomic E-state index is 13.0. The number of nitrogens with one attached hydrogen (secondary N) is 3. The van der Waals surface area contributed by atoms with Crippen molar-refractivity contribution in [1.29, 1.82) is 0 Å². The van der Waals surface area contributed by atoms with Crippen molar-refractivity contribution in [2.24, 2.45) is 0 Å². The number of nitrogens with zero attached hydrogens (tertiary/aromatic N) is 2. The van der Waals surface area contributed by atoms with Gasteiger partial charge in [0.1, 0.15) is 0 Å². The number of unbranched alkanes of at least 4 members (excludes halogenated alkanes) is 3. The predicted octanol–water partition coefficient (Wildman–Crippen LogP) is 5.37. The van der Waals surface area contributed by atoms with Crippen molar-refractivity contribution in [2.75, 3.05) is 17.8 Å². The predicted molar refractivity (Wildman–Crippen MR) is 171 cm³/mol. The number of sulfonamides is 1. The summed E-state index contributed by atoms with van der Waals surface area (Å²) in [6, 6.07) is 21.4. The van der Waals surface area contributed by atoms with Crippen molar-refractivity contribution in [1.82, 2.24) is 19.4 Å². The highest BCUT2D eigenvalue weighted by Gasteiger charge is 2.15. The average molecular weight is 602 g/mol. The number of hydrogen-bond donors (Lipinski definition) is 4. The Morgan fingerprint density at radius 1 is 0.930 bits per heavy atom. The quantitative estimate of drug-likeness (QED) is 0.120. The fraction of sp³-hybridized carbons (Fsp3) is 0.303. The molecule has 2 aromatic heterocycles. The van der Waals surface area contributed by atoms with E-state index in [1.807, 2.05) is 42.6 Å². The molecular formula is C33H39N5O4S. The van der Waals surface area contributed by atoms with Crippen molar-refractivity contribution in [3.8, 4) is 5.69 Å². The molecule has 0 aliphatic rings. The third kappa shape index (κ3) is 7.64. The Balaban J connectivity index is 1.11. The molecule has 0 saturated heterocycles. The largest absolute Gasteiger partial charge is 0.387 e. The lowest BCUT2D eigenvalue weighted by atomic mass is 10.1. The van der Waals surface area contributed by atoms with E-state index in [1.165, 1.54) is 16.7 Å². The van der Waals surface area contributed by atoms with Crippen LogP contribution < -0.4 is 15.7 Å². The Morgan fingerprint density at radius 3 is 2.49 bits per heavy atom. The molecule has 0 fully saturated rings. The molecule has 0 amide bonds. The first-order valence-corrected chi connectivity index (χ1v) is 16.3. The molecule has 9 nitrogen and oxygen atoms in total. The van der Waals surface area contributed by atoms with Gasteiger partial charge in [-0.1, -0.05) is 44.4 Å². The van der Waals surface area contributed by atoms with Crippen LogP contribution in [0.5, 0.6) is 0 Å². The number of benzene rings is 3. The van der Waals surface area contributed by atoms with Gasteiger partial charge >= 0.3 is 5.69 Å². The standard InChI is InChI=1S/C33H39N5O4S/c1-2-3-4-5-20-37-21-22-38(33(37)40)29-11-13-30(14-12-29)43(41,42)36-28-9-6-25(7-10-28)16-18-34-24-32(39)27-8-15-31-26(23-27)17-19-35-31/h6-15,17,19,21-23,32,34-36,39H,2-5,16,18,20,24H2,1H3. The van der Waals surface area contributed by atoms with Crippen molar-refractivity contribution in [3.63, 3.8) is 0 Å². The molecule has 0 saturated carbocycles. The maximum Gasteiger partial charge on any atom is 0.332 e. The van der Waals surface area contributed by atoms with Crippen LogP contribution in [0.2, 0.25) is 0 Å². The zero-order valence-corrected chi connectivity index (χ0v) is 25.2. The molecule has 5 aromatic rings. The van der Waals surface area contributed by atoms with Gasteiger partial charge in [0, 0.05) is 42.9 Å². The van der Waals surface area contributed by atoms with E-state index in [-0.39, 0.29) is 10.6 Å². The molecule has 1 atom stereocenters. The molecule has 4 N–H and O–H groups in total. The van der Waals surface area contributed by atoms with Crippen LogP contribution in [0, 0.1) is 0 Å². The molecule has 1 unspecified atom stereocenters. The van der Waals surface area contributed by atoms with Gasteiger partial charge in [-0.2, -0.15) is 0 Å². The number of anilines is 1. The highest BCUT2D eigenvalue weighted by atomic mass is 32.2. The molecular weight excluding hydrogens is 562 g/mol. The molecule has 43 heavy (non-hydrogen) atoms. The highest BCUT2D eigenvalue weighted by Crippen LogP contribution is 2.20. The number of aromatic amines is 1. The van der Waals surface area contributed by atoms with Gasteiger partial charge in [-0.05, 0) is 90.5 Å². The average Bonchev–Trinajstić information content (AvgIpc) is 3.64. The van der Waals surface area contributed by atoms with Gasteiger partial charge in [0.2, 0.25) is 0 Å². The van der Waals surface area contributed by atoms with E-state index in [0.29, 0.717) is 31.0 Å². The van der Waals surface area contributed by atoms with E-state index in [4.69, 9.17) is 0 Å². The minimum absolute atomic E-state index is 0.116. The Bertz CT molecular complexity index is 1790. The van der Waals surface area contributed by atoms with Gasteiger partial charge < -0.3 is 15.4 Å². The molecule has 5 rings (SSSR count). The van der Waals surface area contributed by atoms with Crippen LogP contribution in [0.3, 0.4) is 0 Å². The summed E-state index contributed by atoms with van der Waals surface area (Å²) in [6.45, 7) is 3.94. The molecule has 3 aromatic carbocycles. The first-order valence-electron chi connectivity index (χ1n) is 14.8. The number of aryl methyl sites for hydroxylation is 1. The topological polar surface area (TPSA) is 121 Å². The summed E-state index contributed by atoms with van der Waals surface area (Å²) in [6.07, 6.45) is 9.84. The van der Waals surface area contributed by atoms with Crippen molar-refractivity contribution < 1.29 is 13.5 Å².